The van der Waals surface area contributed by atoms with Crippen molar-refractivity contribution in [3.05, 3.63) is 21.9 Å². The van der Waals surface area contributed by atoms with E-state index in [0.29, 0.717) is 0 Å². The third-order valence-electron chi connectivity index (χ3n) is 4.01. The first kappa shape index (κ1) is 13.1. The van der Waals surface area contributed by atoms with Crippen molar-refractivity contribution >= 4 is 11.3 Å². The number of hydrogen-bond acceptors (Lipinski definition) is 2. The fourth-order valence-corrected chi connectivity index (χ4v) is 3.86. The molecule has 0 amide bonds. The predicted octanol–water partition coefficient (Wildman–Crippen LogP) is 4.36. The summed E-state index contributed by atoms with van der Waals surface area (Å²) in [7, 11) is 0. The quantitative estimate of drug-likeness (QED) is 0.838. The molecule has 0 bridgehead atoms. The average molecular weight is 251 g/mol. The van der Waals surface area contributed by atoms with Gasteiger partial charge in [0.05, 0.1) is 0 Å². The first-order valence-electron chi connectivity index (χ1n) is 6.95. The Labute approximate surface area is 110 Å². The molecule has 0 spiro atoms. The maximum Gasteiger partial charge on any atom is 0.0302 e. The van der Waals surface area contributed by atoms with Crippen molar-refractivity contribution in [2.24, 2.45) is 11.8 Å². The monoisotopic (exact) mass is 251 g/mol. The highest BCUT2D eigenvalue weighted by Crippen LogP contribution is 2.30. The van der Waals surface area contributed by atoms with Crippen LogP contribution in [0.4, 0.5) is 0 Å². The van der Waals surface area contributed by atoms with Crippen molar-refractivity contribution < 1.29 is 0 Å². The molecule has 1 saturated carbocycles. The summed E-state index contributed by atoms with van der Waals surface area (Å²) in [6.07, 6.45) is 5.62. The molecule has 1 fully saturated rings. The van der Waals surface area contributed by atoms with Crippen molar-refractivity contribution in [3.8, 4) is 0 Å². The molecule has 0 aliphatic heterocycles. The molecule has 1 aromatic heterocycles. The third-order valence-corrected chi connectivity index (χ3v) is 5.01. The second kappa shape index (κ2) is 6.01. The Morgan fingerprint density at radius 1 is 1.29 bits per heavy atom. The Bertz CT molecular complexity index is 342. The SMILES string of the molecule is Cc1ccc(CNC2CCCCC2C(C)C)s1. The van der Waals surface area contributed by atoms with Crippen LogP contribution < -0.4 is 5.32 Å². The van der Waals surface area contributed by atoms with Crippen LogP contribution in [-0.4, -0.2) is 6.04 Å². The van der Waals surface area contributed by atoms with E-state index in [4.69, 9.17) is 0 Å². The van der Waals surface area contributed by atoms with E-state index in [-0.39, 0.29) is 0 Å². The summed E-state index contributed by atoms with van der Waals surface area (Å²) in [5.41, 5.74) is 0. The van der Waals surface area contributed by atoms with Gasteiger partial charge in [0.25, 0.3) is 0 Å². The molecule has 1 aromatic rings. The molecule has 2 rings (SSSR count). The molecule has 1 aliphatic carbocycles. The zero-order chi connectivity index (χ0) is 12.3. The van der Waals surface area contributed by atoms with Crippen LogP contribution in [0.15, 0.2) is 12.1 Å². The topological polar surface area (TPSA) is 12.0 Å². The van der Waals surface area contributed by atoms with E-state index >= 15 is 0 Å². The summed E-state index contributed by atoms with van der Waals surface area (Å²) >= 11 is 1.92. The molecule has 1 heterocycles. The average Bonchev–Trinajstić information content (AvgIpc) is 2.73. The Morgan fingerprint density at radius 3 is 2.71 bits per heavy atom. The number of aryl methyl sites for hydroxylation is 1. The van der Waals surface area contributed by atoms with E-state index in [2.05, 4.69) is 38.2 Å². The first-order valence-corrected chi connectivity index (χ1v) is 7.77. The summed E-state index contributed by atoms with van der Waals surface area (Å²) in [4.78, 5) is 2.90. The Morgan fingerprint density at radius 2 is 2.06 bits per heavy atom. The second-order valence-electron chi connectivity index (χ2n) is 5.69. The molecule has 1 aliphatic rings. The Hall–Kier alpha value is -0.340. The highest BCUT2D eigenvalue weighted by molar-refractivity contribution is 7.11. The molecule has 0 radical (unpaired) electrons. The molecule has 1 N–H and O–H groups in total. The van der Waals surface area contributed by atoms with E-state index in [1.807, 2.05) is 11.3 Å². The highest BCUT2D eigenvalue weighted by atomic mass is 32.1. The first-order chi connectivity index (χ1) is 8.16. The molecule has 17 heavy (non-hydrogen) atoms. The molecule has 2 unspecified atom stereocenters. The maximum absolute atomic E-state index is 3.79. The lowest BCUT2D eigenvalue weighted by Crippen LogP contribution is -2.40. The summed E-state index contributed by atoms with van der Waals surface area (Å²) < 4.78 is 0. The minimum Gasteiger partial charge on any atom is -0.309 e. The lowest BCUT2D eigenvalue weighted by atomic mass is 9.78. The van der Waals surface area contributed by atoms with Gasteiger partial charge in [0.15, 0.2) is 0 Å². The van der Waals surface area contributed by atoms with Crippen molar-refractivity contribution in [1.82, 2.24) is 5.32 Å². The standard InChI is InChI=1S/C15H25NS/c1-11(2)14-6-4-5-7-15(14)16-10-13-9-8-12(3)17-13/h8-9,11,14-16H,4-7,10H2,1-3H3. The van der Waals surface area contributed by atoms with Crippen LogP contribution in [0.25, 0.3) is 0 Å². The smallest absolute Gasteiger partial charge is 0.0302 e. The molecule has 1 nitrogen and oxygen atoms in total. The van der Waals surface area contributed by atoms with Gasteiger partial charge < -0.3 is 5.32 Å². The number of nitrogens with one attached hydrogen (secondary N) is 1. The zero-order valence-corrected chi connectivity index (χ0v) is 12.1. The number of rotatable bonds is 4. The fourth-order valence-electron chi connectivity index (χ4n) is 3.02. The van der Waals surface area contributed by atoms with Crippen molar-refractivity contribution in [2.75, 3.05) is 0 Å². The minimum atomic E-state index is 0.742. The third kappa shape index (κ3) is 3.56. The van der Waals surface area contributed by atoms with Gasteiger partial charge in [-0.3, -0.25) is 0 Å². The van der Waals surface area contributed by atoms with E-state index in [1.165, 1.54) is 35.4 Å². The molecular weight excluding hydrogens is 226 g/mol. The van der Waals surface area contributed by atoms with Gasteiger partial charge in [-0.15, -0.1) is 11.3 Å². The van der Waals surface area contributed by atoms with Gasteiger partial charge in [-0.2, -0.15) is 0 Å². The van der Waals surface area contributed by atoms with Gasteiger partial charge in [-0.25, -0.2) is 0 Å². The molecule has 96 valence electrons. The number of thiophene rings is 1. The van der Waals surface area contributed by atoms with Gasteiger partial charge in [0.2, 0.25) is 0 Å². The Kier molecular flexibility index (Phi) is 4.63. The maximum atomic E-state index is 3.79. The van der Waals surface area contributed by atoms with Crippen molar-refractivity contribution in [1.29, 1.82) is 0 Å². The van der Waals surface area contributed by atoms with Gasteiger partial charge in [-0.1, -0.05) is 26.7 Å². The summed E-state index contributed by atoms with van der Waals surface area (Å²) in [5.74, 6) is 1.70. The number of hydrogen-bond donors (Lipinski definition) is 1. The van der Waals surface area contributed by atoms with Gasteiger partial charge in [-0.05, 0) is 43.7 Å². The van der Waals surface area contributed by atoms with E-state index in [0.717, 1.165) is 24.4 Å². The van der Waals surface area contributed by atoms with Crippen LogP contribution in [0, 0.1) is 18.8 Å². The van der Waals surface area contributed by atoms with E-state index in [1.54, 1.807) is 0 Å². The molecule has 0 aromatic carbocycles. The summed E-state index contributed by atoms with van der Waals surface area (Å²) in [5, 5.41) is 3.79. The largest absolute Gasteiger partial charge is 0.309 e. The Balaban J connectivity index is 1.88. The molecule has 2 heteroatoms. The summed E-state index contributed by atoms with van der Waals surface area (Å²) in [6.45, 7) is 8.00. The van der Waals surface area contributed by atoms with E-state index < -0.39 is 0 Å². The van der Waals surface area contributed by atoms with Crippen LogP contribution in [0.1, 0.15) is 49.3 Å². The van der Waals surface area contributed by atoms with Crippen LogP contribution in [0.2, 0.25) is 0 Å². The molecule has 2 atom stereocenters. The van der Waals surface area contributed by atoms with Crippen molar-refractivity contribution in [2.45, 2.75) is 59.0 Å². The van der Waals surface area contributed by atoms with Gasteiger partial charge >= 0.3 is 0 Å². The lowest BCUT2D eigenvalue weighted by molar-refractivity contribution is 0.205. The van der Waals surface area contributed by atoms with E-state index in [9.17, 15) is 0 Å². The van der Waals surface area contributed by atoms with Crippen LogP contribution in [0.3, 0.4) is 0 Å². The predicted molar refractivity (Wildman–Crippen MR) is 76.5 cm³/mol. The minimum absolute atomic E-state index is 0.742. The van der Waals surface area contributed by atoms with Gasteiger partial charge in [0.1, 0.15) is 0 Å². The van der Waals surface area contributed by atoms with Gasteiger partial charge in [0, 0.05) is 22.3 Å². The normalized spacial score (nSPS) is 25.4. The van der Waals surface area contributed by atoms with Crippen LogP contribution >= 0.6 is 11.3 Å². The second-order valence-corrected chi connectivity index (χ2v) is 7.06. The van der Waals surface area contributed by atoms with Crippen LogP contribution in [0.5, 0.6) is 0 Å². The van der Waals surface area contributed by atoms with Crippen LogP contribution in [-0.2, 0) is 6.54 Å². The lowest BCUT2D eigenvalue weighted by Gasteiger charge is -2.35. The molecular formula is C15H25NS. The highest BCUT2D eigenvalue weighted by Gasteiger charge is 2.26. The fraction of sp³-hybridized carbons (Fsp3) is 0.733. The summed E-state index contributed by atoms with van der Waals surface area (Å²) in [6, 6.07) is 5.23. The molecule has 0 saturated heterocycles. The van der Waals surface area contributed by atoms with Crippen molar-refractivity contribution in [3.63, 3.8) is 0 Å². The zero-order valence-electron chi connectivity index (χ0n) is 11.3.